The Bertz CT molecular complexity index is 414. The number of aryl methyl sites for hydroxylation is 1. The summed E-state index contributed by atoms with van der Waals surface area (Å²) < 4.78 is 5.32. The lowest BCUT2D eigenvalue weighted by Gasteiger charge is -2.23. The number of hydrogen-bond acceptors (Lipinski definition) is 2. The summed E-state index contributed by atoms with van der Waals surface area (Å²) in [6, 6.07) is 7.69. The van der Waals surface area contributed by atoms with Gasteiger partial charge in [-0.25, -0.2) is 0 Å². The van der Waals surface area contributed by atoms with Gasteiger partial charge >= 0.3 is 0 Å². The van der Waals surface area contributed by atoms with Gasteiger partial charge in [0.2, 0.25) is 0 Å². The molecule has 0 aliphatic carbocycles. The van der Waals surface area contributed by atoms with Crippen molar-refractivity contribution in [2.75, 3.05) is 39.4 Å². The number of benzene rings is 1. The maximum Gasteiger partial charge on any atom is 0.251 e. The Labute approximate surface area is 114 Å². The molecule has 1 aliphatic rings. The summed E-state index contributed by atoms with van der Waals surface area (Å²) in [6.45, 7) is 7.76. The van der Waals surface area contributed by atoms with E-state index in [1.165, 1.54) is 0 Å². The van der Waals surface area contributed by atoms with Crippen molar-refractivity contribution in [3.8, 4) is 0 Å². The van der Waals surface area contributed by atoms with Crippen LogP contribution in [0.5, 0.6) is 0 Å². The Balaban J connectivity index is 1.66. The molecule has 0 spiro atoms. The van der Waals surface area contributed by atoms with Crippen molar-refractivity contribution in [1.82, 2.24) is 5.32 Å². The quantitative estimate of drug-likeness (QED) is 0.736. The van der Waals surface area contributed by atoms with Crippen LogP contribution in [0.4, 0.5) is 0 Å². The molecule has 1 heterocycles. The van der Waals surface area contributed by atoms with E-state index in [1.54, 1.807) is 4.90 Å². The molecule has 19 heavy (non-hydrogen) atoms. The highest BCUT2D eigenvalue weighted by Crippen LogP contribution is 2.03. The molecule has 1 saturated heterocycles. The molecular weight excluding hydrogens is 240 g/mol. The van der Waals surface area contributed by atoms with E-state index < -0.39 is 0 Å². The Hall–Kier alpha value is -1.39. The van der Waals surface area contributed by atoms with Gasteiger partial charge in [0, 0.05) is 18.5 Å². The van der Waals surface area contributed by atoms with Crippen LogP contribution < -0.4 is 10.2 Å². The highest BCUT2D eigenvalue weighted by atomic mass is 16.5. The predicted molar refractivity (Wildman–Crippen MR) is 74.5 cm³/mol. The Kier molecular flexibility index (Phi) is 5.36. The fourth-order valence-electron chi connectivity index (χ4n) is 2.34. The number of carbonyl (C=O) groups excluding carboxylic acids is 1. The zero-order valence-electron chi connectivity index (χ0n) is 11.6. The van der Waals surface area contributed by atoms with Crippen molar-refractivity contribution in [1.29, 1.82) is 0 Å². The standard InChI is InChI=1S/C15H22N2O2/c1-13-4-2-5-14(12-13)15(18)16-6-3-7-17-8-10-19-11-9-17/h2,4-5,12H,3,6-11H2,1H3,(H,16,18)/p+1. The maximum absolute atomic E-state index is 11.9. The second-order valence-electron chi connectivity index (χ2n) is 5.09. The van der Waals surface area contributed by atoms with Crippen LogP contribution in [0.15, 0.2) is 24.3 Å². The lowest BCUT2D eigenvalue weighted by Crippen LogP contribution is -3.14. The SMILES string of the molecule is Cc1cccc(C(=O)NCCC[NH+]2CCOCC2)c1. The molecule has 2 rings (SSSR count). The van der Waals surface area contributed by atoms with E-state index in [-0.39, 0.29) is 5.91 Å². The van der Waals surface area contributed by atoms with Crippen LogP contribution in [0.1, 0.15) is 22.3 Å². The molecule has 104 valence electrons. The smallest absolute Gasteiger partial charge is 0.251 e. The molecule has 0 unspecified atom stereocenters. The number of morpholine rings is 1. The normalized spacial score (nSPS) is 16.3. The number of quaternary nitrogens is 1. The minimum absolute atomic E-state index is 0.0284. The molecule has 0 radical (unpaired) electrons. The Morgan fingerprint density at radius 3 is 2.89 bits per heavy atom. The van der Waals surface area contributed by atoms with Gasteiger partial charge < -0.3 is 15.0 Å². The van der Waals surface area contributed by atoms with E-state index in [2.05, 4.69) is 5.32 Å². The van der Waals surface area contributed by atoms with Gasteiger partial charge in [-0.2, -0.15) is 0 Å². The van der Waals surface area contributed by atoms with Gasteiger partial charge in [0.25, 0.3) is 5.91 Å². The number of hydrogen-bond donors (Lipinski definition) is 2. The second-order valence-corrected chi connectivity index (χ2v) is 5.09. The van der Waals surface area contributed by atoms with Crippen LogP contribution in [0.3, 0.4) is 0 Å². The van der Waals surface area contributed by atoms with Gasteiger partial charge in [-0.1, -0.05) is 17.7 Å². The first-order chi connectivity index (χ1) is 9.25. The van der Waals surface area contributed by atoms with Crippen molar-refractivity contribution in [3.05, 3.63) is 35.4 Å². The molecule has 1 aromatic carbocycles. The van der Waals surface area contributed by atoms with E-state index in [0.29, 0.717) is 0 Å². The minimum Gasteiger partial charge on any atom is -0.370 e. The van der Waals surface area contributed by atoms with Crippen LogP contribution in [-0.4, -0.2) is 45.3 Å². The summed E-state index contributed by atoms with van der Waals surface area (Å²) in [5.74, 6) is 0.0284. The van der Waals surface area contributed by atoms with E-state index in [9.17, 15) is 4.79 Å². The number of ether oxygens (including phenoxy) is 1. The van der Waals surface area contributed by atoms with E-state index in [4.69, 9.17) is 4.74 Å². The molecule has 0 aromatic heterocycles. The van der Waals surface area contributed by atoms with Gasteiger partial charge in [0.05, 0.1) is 19.8 Å². The average Bonchev–Trinajstić information content (AvgIpc) is 2.44. The summed E-state index contributed by atoms with van der Waals surface area (Å²) in [7, 11) is 0. The van der Waals surface area contributed by atoms with Gasteiger partial charge in [-0.05, 0) is 19.1 Å². The molecule has 1 amide bonds. The van der Waals surface area contributed by atoms with Crippen LogP contribution in [0, 0.1) is 6.92 Å². The van der Waals surface area contributed by atoms with Crippen LogP contribution >= 0.6 is 0 Å². The fraction of sp³-hybridized carbons (Fsp3) is 0.533. The molecule has 1 aromatic rings. The van der Waals surface area contributed by atoms with Crippen LogP contribution in [0.2, 0.25) is 0 Å². The third-order valence-corrected chi connectivity index (χ3v) is 3.47. The molecule has 0 bridgehead atoms. The summed E-state index contributed by atoms with van der Waals surface area (Å²) >= 11 is 0. The minimum atomic E-state index is 0.0284. The first-order valence-corrected chi connectivity index (χ1v) is 7.02. The number of carbonyl (C=O) groups is 1. The number of amides is 1. The molecule has 0 saturated carbocycles. The monoisotopic (exact) mass is 263 g/mol. The summed E-state index contributed by atoms with van der Waals surface area (Å²) in [5.41, 5.74) is 1.86. The molecular formula is C15H23N2O2+. The third kappa shape index (κ3) is 4.65. The molecule has 4 heteroatoms. The van der Waals surface area contributed by atoms with E-state index in [1.807, 2.05) is 31.2 Å². The second kappa shape index (κ2) is 7.26. The maximum atomic E-state index is 11.9. The molecule has 1 aliphatic heterocycles. The van der Waals surface area contributed by atoms with Crippen molar-refractivity contribution < 1.29 is 14.4 Å². The van der Waals surface area contributed by atoms with Crippen molar-refractivity contribution in [3.63, 3.8) is 0 Å². The summed E-state index contributed by atoms with van der Waals surface area (Å²) in [6.07, 6.45) is 1.02. The number of nitrogens with one attached hydrogen (secondary N) is 2. The molecule has 2 N–H and O–H groups in total. The van der Waals surface area contributed by atoms with Gasteiger partial charge in [-0.3, -0.25) is 4.79 Å². The third-order valence-electron chi connectivity index (χ3n) is 3.47. The summed E-state index contributed by atoms with van der Waals surface area (Å²) in [5, 5.41) is 2.98. The van der Waals surface area contributed by atoms with E-state index in [0.717, 1.165) is 56.9 Å². The largest absolute Gasteiger partial charge is 0.370 e. The summed E-state index contributed by atoms with van der Waals surface area (Å²) in [4.78, 5) is 13.5. The lowest BCUT2D eigenvalue weighted by molar-refractivity contribution is -0.908. The van der Waals surface area contributed by atoms with Crippen LogP contribution in [-0.2, 0) is 4.74 Å². The van der Waals surface area contributed by atoms with Gasteiger partial charge in [-0.15, -0.1) is 0 Å². The molecule has 1 fully saturated rings. The topological polar surface area (TPSA) is 42.8 Å². The predicted octanol–water partition coefficient (Wildman–Crippen LogP) is 0.0300. The zero-order valence-corrected chi connectivity index (χ0v) is 11.6. The lowest BCUT2D eigenvalue weighted by atomic mass is 10.1. The van der Waals surface area contributed by atoms with Gasteiger partial charge in [0.15, 0.2) is 0 Å². The highest BCUT2D eigenvalue weighted by molar-refractivity contribution is 5.94. The van der Waals surface area contributed by atoms with Crippen molar-refractivity contribution >= 4 is 5.91 Å². The fourth-order valence-corrected chi connectivity index (χ4v) is 2.34. The van der Waals surface area contributed by atoms with Crippen LogP contribution in [0.25, 0.3) is 0 Å². The van der Waals surface area contributed by atoms with E-state index >= 15 is 0 Å². The molecule has 0 atom stereocenters. The number of rotatable bonds is 5. The van der Waals surface area contributed by atoms with Crippen molar-refractivity contribution in [2.24, 2.45) is 0 Å². The Morgan fingerprint density at radius 1 is 1.37 bits per heavy atom. The first kappa shape index (κ1) is 14.0. The molecule has 4 nitrogen and oxygen atoms in total. The zero-order chi connectivity index (χ0) is 13.5. The first-order valence-electron chi connectivity index (χ1n) is 7.02. The van der Waals surface area contributed by atoms with Crippen molar-refractivity contribution in [2.45, 2.75) is 13.3 Å². The van der Waals surface area contributed by atoms with Gasteiger partial charge in [0.1, 0.15) is 13.1 Å². The Morgan fingerprint density at radius 2 is 2.16 bits per heavy atom. The highest BCUT2D eigenvalue weighted by Gasteiger charge is 2.13. The average molecular weight is 263 g/mol.